The molecule has 2 bridgehead atoms. The molecule has 120 valence electrons. The van der Waals surface area contributed by atoms with Crippen LogP contribution in [0.5, 0.6) is 0 Å². The van der Waals surface area contributed by atoms with E-state index in [4.69, 9.17) is 9.47 Å². The monoisotopic (exact) mass is 310 g/mol. The predicted molar refractivity (Wildman–Crippen MR) is 88.0 cm³/mol. The van der Waals surface area contributed by atoms with E-state index in [1.54, 1.807) is 0 Å². The van der Waals surface area contributed by atoms with Crippen LogP contribution >= 0.6 is 0 Å². The van der Waals surface area contributed by atoms with Gasteiger partial charge in [0.25, 0.3) is 0 Å². The van der Waals surface area contributed by atoms with Gasteiger partial charge in [0.15, 0.2) is 0 Å². The second-order valence-corrected chi connectivity index (χ2v) is 13.9. The average molecular weight is 311 g/mol. The van der Waals surface area contributed by atoms with Gasteiger partial charge in [0, 0.05) is 14.0 Å². The summed E-state index contributed by atoms with van der Waals surface area (Å²) in [6.07, 6.45) is 4.05. The van der Waals surface area contributed by atoms with Gasteiger partial charge in [-0.05, 0) is 23.8 Å². The lowest BCUT2D eigenvalue weighted by Gasteiger charge is -2.48. The summed E-state index contributed by atoms with van der Waals surface area (Å²) in [6.45, 7) is 12.6. The lowest BCUT2D eigenvalue weighted by Crippen LogP contribution is -2.46. The van der Waals surface area contributed by atoms with Gasteiger partial charge in [0.2, 0.25) is 0 Å². The fraction of sp³-hybridized carbons (Fsp3) is 0.824. The maximum absolute atomic E-state index is 11.6. The minimum absolute atomic E-state index is 0.00685. The highest BCUT2D eigenvalue weighted by atomic mass is 28.3. The fourth-order valence-electron chi connectivity index (χ4n) is 3.74. The van der Waals surface area contributed by atoms with Gasteiger partial charge >= 0.3 is 5.97 Å². The van der Waals surface area contributed by atoms with Gasteiger partial charge in [0.05, 0.1) is 26.2 Å². The van der Waals surface area contributed by atoms with Gasteiger partial charge in [-0.25, -0.2) is 0 Å². The predicted octanol–water partition coefficient (Wildman–Crippen LogP) is 3.88. The molecule has 0 N–H and O–H groups in total. The van der Waals surface area contributed by atoms with Crippen LogP contribution in [0, 0.1) is 17.3 Å². The SMILES string of the molecule is COC(=O)C[C@@H]1OC[C@@H]2C[C@H]1C(C[Si](C)(C)C)=CC2(C)C. The molecule has 0 aromatic heterocycles. The third-order valence-corrected chi connectivity index (χ3v) is 6.38. The Hall–Kier alpha value is -0.613. The first kappa shape index (κ1) is 16.8. The maximum atomic E-state index is 11.6. The lowest BCUT2D eigenvalue weighted by molar-refractivity contribution is -0.148. The number of allylic oxidation sites excluding steroid dienone is 1. The molecule has 2 rings (SSSR count). The summed E-state index contributed by atoms with van der Waals surface area (Å²) in [4.78, 5) is 11.6. The van der Waals surface area contributed by atoms with E-state index < -0.39 is 8.07 Å². The zero-order chi connectivity index (χ0) is 15.8. The number of hydrogen-bond donors (Lipinski definition) is 0. The van der Waals surface area contributed by atoms with Crippen LogP contribution in [0.15, 0.2) is 11.6 Å². The Morgan fingerprint density at radius 2 is 2.10 bits per heavy atom. The summed E-state index contributed by atoms with van der Waals surface area (Å²) in [6, 6.07) is 1.20. The van der Waals surface area contributed by atoms with E-state index >= 15 is 0 Å². The van der Waals surface area contributed by atoms with Crippen molar-refractivity contribution in [2.75, 3.05) is 13.7 Å². The molecule has 0 amide bonds. The van der Waals surface area contributed by atoms with E-state index in [0.717, 1.165) is 13.0 Å². The maximum Gasteiger partial charge on any atom is 0.308 e. The van der Waals surface area contributed by atoms with Gasteiger partial charge in [-0.2, -0.15) is 0 Å². The van der Waals surface area contributed by atoms with Crippen molar-refractivity contribution in [2.45, 2.75) is 58.5 Å². The molecular formula is C17H30O3Si. The van der Waals surface area contributed by atoms with Crippen molar-refractivity contribution >= 4 is 14.0 Å². The summed E-state index contributed by atoms with van der Waals surface area (Å²) in [5.41, 5.74) is 1.74. The molecule has 1 heterocycles. The van der Waals surface area contributed by atoms with Crippen molar-refractivity contribution in [3.63, 3.8) is 0 Å². The first-order valence-corrected chi connectivity index (χ1v) is 11.7. The molecule has 0 aromatic rings. The summed E-state index contributed by atoms with van der Waals surface area (Å²) in [5, 5.41) is 0. The molecule has 0 saturated carbocycles. The van der Waals surface area contributed by atoms with Crippen LogP contribution in [-0.2, 0) is 14.3 Å². The Morgan fingerprint density at radius 3 is 2.67 bits per heavy atom. The highest BCUT2D eigenvalue weighted by Gasteiger charge is 2.44. The van der Waals surface area contributed by atoms with E-state index in [1.165, 1.54) is 18.7 Å². The van der Waals surface area contributed by atoms with Crippen molar-refractivity contribution in [1.82, 2.24) is 0 Å². The molecule has 1 saturated heterocycles. The number of rotatable bonds is 4. The number of hydrogen-bond acceptors (Lipinski definition) is 3. The molecule has 0 spiro atoms. The number of ether oxygens (including phenoxy) is 2. The van der Waals surface area contributed by atoms with Crippen LogP contribution in [0.2, 0.25) is 25.7 Å². The molecule has 0 aromatic carbocycles. The second kappa shape index (κ2) is 5.88. The summed E-state index contributed by atoms with van der Waals surface area (Å²) in [5.74, 6) is 0.819. The van der Waals surface area contributed by atoms with Crippen molar-refractivity contribution in [1.29, 1.82) is 0 Å². The normalized spacial score (nSPS) is 31.5. The third-order valence-electron chi connectivity index (χ3n) is 4.91. The van der Waals surface area contributed by atoms with E-state index in [-0.39, 0.29) is 17.5 Å². The smallest absolute Gasteiger partial charge is 0.308 e. The first-order valence-electron chi connectivity index (χ1n) is 8.02. The third kappa shape index (κ3) is 3.98. The van der Waals surface area contributed by atoms with Crippen LogP contribution in [0.3, 0.4) is 0 Å². The fourth-order valence-corrected chi connectivity index (χ4v) is 5.33. The van der Waals surface area contributed by atoms with Gasteiger partial charge in [-0.1, -0.05) is 45.1 Å². The average Bonchev–Trinajstić information content (AvgIpc) is 2.35. The number of esters is 1. The highest BCUT2D eigenvalue weighted by molar-refractivity contribution is 6.76. The van der Waals surface area contributed by atoms with Crippen LogP contribution in [0.4, 0.5) is 0 Å². The Kier molecular flexibility index (Phi) is 4.69. The van der Waals surface area contributed by atoms with Crippen molar-refractivity contribution in [2.24, 2.45) is 17.3 Å². The van der Waals surface area contributed by atoms with Crippen LogP contribution in [0.1, 0.15) is 26.7 Å². The number of methoxy groups -OCH3 is 1. The zero-order valence-electron chi connectivity index (χ0n) is 14.4. The standard InChI is InChI=1S/C17H30O3Si/c1-17(2)9-12(11-21(4,5)6)14-7-13(17)10-20-15(14)8-16(18)19-3/h9,13-15H,7-8,10-11H2,1-6H3/t13-,14-,15-/m0/s1. The minimum Gasteiger partial charge on any atom is -0.469 e. The molecule has 21 heavy (non-hydrogen) atoms. The number of carbonyl (C=O) groups excluding carboxylic acids is 1. The molecule has 1 fully saturated rings. The Morgan fingerprint density at radius 1 is 1.43 bits per heavy atom. The molecule has 1 aliphatic carbocycles. The van der Waals surface area contributed by atoms with Crippen LogP contribution in [-0.4, -0.2) is 33.9 Å². The second-order valence-electron chi connectivity index (χ2n) is 8.47. The van der Waals surface area contributed by atoms with Crippen LogP contribution < -0.4 is 0 Å². The van der Waals surface area contributed by atoms with E-state index in [0.29, 0.717) is 18.3 Å². The summed E-state index contributed by atoms with van der Waals surface area (Å²) >= 11 is 0. The molecule has 0 radical (unpaired) electrons. The van der Waals surface area contributed by atoms with Gasteiger partial charge < -0.3 is 9.47 Å². The van der Waals surface area contributed by atoms with E-state index in [2.05, 4.69) is 39.6 Å². The van der Waals surface area contributed by atoms with Crippen molar-refractivity contribution in [3.8, 4) is 0 Å². The molecule has 3 atom stereocenters. The lowest BCUT2D eigenvalue weighted by atomic mass is 9.64. The summed E-state index contributed by atoms with van der Waals surface area (Å²) in [7, 11) is 0.274. The topological polar surface area (TPSA) is 35.5 Å². The molecule has 1 aliphatic heterocycles. The zero-order valence-corrected chi connectivity index (χ0v) is 15.4. The Balaban J connectivity index is 2.24. The van der Waals surface area contributed by atoms with Gasteiger partial charge in [-0.15, -0.1) is 0 Å². The largest absolute Gasteiger partial charge is 0.469 e. The Bertz CT molecular complexity index is 434. The van der Waals surface area contributed by atoms with Crippen LogP contribution in [0.25, 0.3) is 0 Å². The van der Waals surface area contributed by atoms with E-state index in [9.17, 15) is 4.79 Å². The quantitative estimate of drug-likeness (QED) is 0.449. The van der Waals surface area contributed by atoms with E-state index in [1.807, 2.05) is 0 Å². The molecule has 4 heteroatoms. The summed E-state index contributed by atoms with van der Waals surface area (Å²) < 4.78 is 10.9. The van der Waals surface area contributed by atoms with Gasteiger partial charge in [-0.3, -0.25) is 4.79 Å². The number of fused-ring (bicyclic) bond motifs is 2. The van der Waals surface area contributed by atoms with Gasteiger partial charge in [0.1, 0.15) is 0 Å². The van der Waals surface area contributed by atoms with Crippen molar-refractivity contribution in [3.05, 3.63) is 11.6 Å². The molecular weight excluding hydrogens is 280 g/mol. The Labute approximate surface area is 130 Å². The highest BCUT2D eigenvalue weighted by Crippen LogP contribution is 2.48. The molecule has 3 nitrogen and oxygen atoms in total. The van der Waals surface area contributed by atoms with Crippen molar-refractivity contribution < 1.29 is 14.3 Å². The molecule has 2 aliphatic rings. The first-order chi connectivity index (χ1) is 9.62. The number of carbonyl (C=O) groups is 1. The molecule has 0 unspecified atom stereocenters. The minimum atomic E-state index is -1.18.